The van der Waals surface area contributed by atoms with Gasteiger partial charge in [0, 0.05) is 5.56 Å². The van der Waals surface area contributed by atoms with Crippen LogP contribution in [0.1, 0.15) is 67.5 Å². The smallest absolute Gasteiger partial charge is 0.339 e. The lowest BCUT2D eigenvalue weighted by Gasteiger charge is -2.27. The van der Waals surface area contributed by atoms with Crippen molar-refractivity contribution in [1.29, 1.82) is 0 Å². The zero-order valence-electron chi connectivity index (χ0n) is 20.5. The fourth-order valence-electron chi connectivity index (χ4n) is 5.06. The van der Waals surface area contributed by atoms with Crippen LogP contribution < -0.4 is 0 Å². The molecule has 11 heteroatoms. The first-order valence-electron chi connectivity index (χ1n) is 12.7. The zero-order chi connectivity index (χ0) is 25.5. The van der Waals surface area contributed by atoms with Crippen LogP contribution in [0.4, 0.5) is 0 Å². The van der Waals surface area contributed by atoms with E-state index in [0.717, 1.165) is 38.8 Å². The van der Waals surface area contributed by atoms with E-state index in [1.807, 2.05) is 0 Å². The van der Waals surface area contributed by atoms with Gasteiger partial charge < -0.3 is 23.8 Å². The Hall–Kier alpha value is -2.76. The number of hydrogen-bond donors (Lipinski definition) is 0. The van der Waals surface area contributed by atoms with Crippen LogP contribution in [0.2, 0.25) is 0 Å². The molecule has 0 aliphatic carbocycles. The number of esters is 2. The number of ether oxygens (including phenoxy) is 4. The van der Waals surface area contributed by atoms with E-state index in [2.05, 4.69) is 16.7 Å². The van der Waals surface area contributed by atoms with Gasteiger partial charge in [0.1, 0.15) is 18.3 Å². The van der Waals surface area contributed by atoms with Gasteiger partial charge in [-0.25, -0.2) is 4.79 Å². The number of likely N-dealkylation sites (tertiary alicyclic amines) is 1. The van der Waals surface area contributed by atoms with E-state index in [-0.39, 0.29) is 25.7 Å². The van der Waals surface area contributed by atoms with Gasteiger partial charge in [0.25, 0.3) is 5.09 Å². The lowest BCUT2D eigenvalue weighted by Crippen LogP contribution is -2.36. The molecule has 3 heterocycles. The van der Waals surface area contributed by atoms with Crippen LogP contribution in [0.5, 0.6) is 0 Å². The summed E-state index contributed by atoms with van der Waals surface area (Å²) in [5, 5.41) is 9.82. The quantitative estimate of drug-likeness (QED) is 0.251. The number of unbranched alkanes of at least 4 members (excludes halogenated alkanes) is 1. The minimum absolute atomic E-state index is 0.0208. The van der Waals surface area contributed by atoms with Crippen LogP contribution in [0.25, 0.3) is 0 Å². The Labute approximate surface area is 210 Å². The van der Waals surface area contributed by atoms with Crippen LogP contribution in [0, 0.1) is 10.1 Å². The summed E-state index contributed by atoms with van der Waals surface area (Å²) in [5.41, 5.74) is 0.907. The van der Waals surface area contributed by atoms with Crippen LogP contribution in [0.3, 0.4) is 0 Å². The molecule has 5 atom stereocenters. The molecule has 3 aliphatic heterocycles. The summed E-state index contributed by atoms with van der Waals surface area (Å²) in [5.74, 6) is -0.889. The molecular formula is C25H34N2O9. The van der Waals surface area contributed by atoms with Crippen molar-refractivity contribution in [1.82, 2.24) is 4.90 Å². The van der Waals surface area contributed by atoms with Gasteiger partial charge in [-0.15, -0.1) is 10.1 Å². The fourth-order valence-corrected chi connectivity index (χ4v) is 5.06. The average Bonchev–Trinajstić information content (AvgIpc) is 3.45. The summed E-state index contributed by atoms with van der Waals surface area (Å²) >= 11 is 0. The second-order valence-electron chi connectivity index (χ2n) is 9.45. The SMILES string of the molecule is CCCCC(OC(=O)CN1CCCCC1)c1ccccc1C(=O)OC1CO[C@H]2[C@@H]1OC[C@H]2O[N+](=O)[O-]. The van der Waals surface area contributed by atoms with Crippen molar-refractivity contribution >= 4 is 11.9 Å². The molecule has 3 saturated heterocycles. The van der Waals surface area contributed by atoms with Gasteiger partial charge in [-0.05, 0) is 44.8 Å². The second kappa shape index (κ2) is 12.5. The molecule has 11 nitrogen and oxygen atoms in total. The number of rotatable bonds is 11. The number of hydrogen-bond acceptors (Lipinski definition) is 10. The molecule has 198 valence electrons. The van der Waals surface area contributed by atoms with Gasteiger partial charge in [0.2, 0.25) is 0 Å². The highest BCUT2D eigenvalue weighted by Crippen LogP contribution is 2.32. The minimum Gasteiger partial charge on any atom is -0.457 e. The van der Waals surface area contributed by atoms with E-state index in [0.29, 0.717) is 17.5 Å². The summed E-state index contributed by atoms with van der Waals surface area (Å²) in [7, 11) is 0. The van der Waals surface area contributed by atoms with E-state index >= 15 is 0 Å². The summed E-state index contributed by atoms with van der Waals surface area (Å²) in [4.78, 5) is 43.4. The molecule has 2 unspecified atom stereocenters. The molecule has 3 aliphatic rings. The molecule has 36 heavy (non-hydrogen) atoms. The lowest BCUT2D eigenvalue weighted by atomic mass is 9.98. The maximum Gasteiger partial charge on any atom is 0.339 e. The normalized spacial score (nSPS) is 26.7. The van der Waals surface area contributed by atoms with E-state index in [1.165, 1.54) is 6.42 Å². The molecule has 1 aromatic rings. The third-order valence-corrected chi connectivity index (χ3v) is 6.86. The number of piperidine rings is 1. The van der Waals surface area contributed by atoms with Crippen molar-refractivity contribution in [2.45, 2.75) is 76.0 Å². The van der Waals surface area contributed by atoms with Crippen molar-refractivity contribution in [2.75, 3.05) is 32.8 Å². The van der Waals surface area contributed by atoms with Crippen LogP contribution in [0.15, 0.2) is 24.3 Å². The van der Waals surface area contributed by atoms with Crippen LogP contribution >= 0.6 is 0 Å². The Bertz CT molecular complexity index is 921. The van der Waals surface area contributed by atoms with Crippen molar-refractivity contribution in [3.63, 3.8) is 0 Å². The number of nitrogens with zero attached hydrogens (tertiary/aromatic N) is 2. The average molecular weight is 507 g/mol. The van der Waals surface area contributed by atoms with Crippen molar-refractivity contribution in [2.24, 2.45) is 0 Å². The third-order valence-electron chi connectivity index (χ3n) is 6.86. The minimum atomic E-state index is -0.877. The van der Waals surface area contributed by atoms with Crippen LogP contribution in [-0.4, -0.2) is 79.2 Å². The number of benzene rings is 1. The van der Waals surface area contributed by atoms with E-state index in [9.17, 15) is 19.7 Å². The standard InChI is InChI=1S/C25H34N2O9/c1-2-3-11-19(34-22(28)14-26-12-7-4-8-13-26)17-9-5-6-10-18(17)25(29)35-20-15-32-24-21(36-27(30)31)16-33-23(20)24/h5-6,9-10,19-21,23-24H,2-4,7-8,11-16H2,1H3/t19?,20?,21-,23-,24-/m1/s1. The monoisotopic (exact) mass is 506 g/mol. The molecule has 0 spiro atoms. The maximum atomic E-state index is 13.2. The van der Waals surface area contributed by atoms with Crippen LogP contribution in [-0.2, 0) is 28.6 Å². The van der Waals surface area contributed by atoms with E-state index in [4.69, 9.17) is 18.9 Å². The van der Waals surface area contributed by atoms with Gasteiger partial charge in [0.15, 0.2) is 12.2 Å². The predicted molar refractivity (Wildman–Crippen MR) is 126 cm³/mol. The van der Waals surface area contributed by atoms with Crippen molar-refractivity contribution in [3.8, 4) is 0 Å². The molecule has 3 fully saturated rings. The largest absolute Gasteiger partial charge is 0.457 e. The first-order valence-corrected chi connectivity index (χ1v) is 12.7. The summed E-state index contributed by atoms with van der Waals surface area (Å²) in [6.07, 6.45) is 2.18. The van der Waals surface area contributed by atoms with Gasteiger partial charge in [-0.3, -0.25) is 9.69 Å². The van der Waals surface area contributed by atoms with Crippen molar-refractivity contribution < 1.29 is 38.5 Å². The predicted octanol–water partition coefficient (Wildman–Crippen LogP) is 2.85. The molecule has 0 bridgehead atoms. The van der Waals surface area contributed by atoms with Gasteiger partial charge in [0.05, 0.1) is 25.3 Å². The number of carbonyl (C=O) groups is 2. The Morgan fingerprint density at radius 3 is 2.53 bits per heavy atom. The third kappa shape index (κ3) is 6.51. The summed E-state index contributed by atoms with van der Waals surface area (Å²) in [6, 6.07) is 6.97. The maximum absolute atomic E-state index is 13.2. The zero-order valence-corrected chi connectivity index (χ0v) is 20.5. The summed E-state index contributed by atoms with van der Waals surface area (Å²) < 4.78 is 22.8. The first kappa shape index (κ1) is 26.3. The van der Waals surface area contributed by atoms with Gasteiger partial charge in [-0.2, -0.15) is 0 Å². The van der Waals surface area contributed by atoms with E-state index < -0.39 is 41.6 Å². The van der Waals surface area contributed by atoms with Gasteiger partial charge >= 0.3 is 11.9 Å². The van der Waals surface area contributed by atoms with Crippen molar-refractivity contribution in [3.05, 3.63) is 45.5 Å². The highest BCUT2D eigenvalue weighted by molar-refractivity contribution is 5.91. The Morgan fingerprint density at radius 2 is 1.81 bits per heavy atom. The molecule has 0 radical (unpaired) electrons. The van der Waals surface area contributed by atoms with E-state index in [1.54, 1.807) is 24.3 Å². The molecule has 1 aromatic carbocycles. The lowest BCUT2D eigenvalue weighted by molar-refractivity contribution is -0.769. The summed E-state index contributed by atoms with van der Waals surface area (Å²) in [6.45, 7) is 4.10. The number of fused-ring (bicyclic) bond motifs is 1. The Morgan fingerprint density at radius 1 is 1.11 bits per heavy atom. The topological polar surface area (TPSA) is 127 Å². The molecule has 4 rings (SSSR count). The molecule has 0 N–H and O–H groups in total. The van der Waals surface area contributed by atoms with Gasteiger partial charge in [-0.1, -0.05) is 38.0 Å². The molecule has 0 aromatic heterocycles. The Kier molecular flexibility index (Phi) is 9.11. The fraction of sp³-hybridized carbons (Fsp3) is 0.680. The highest BCUT2D eigenvalue weighted by atomic mass is 17.0. The molecule has 0 amide bonds. The number of carbonyl (C=O) groups excluding carboxylic acids is 2. The molecular weight excluding hydrogens is 472 g/mol. The Balaban J connectivity index is 1.43. The highest BCUT2D eigenvalue weighted by Gasteiger charge is 2.51. The first-order chi connectivity index (χ1) is 17.5. The molecule has 0 saturated carbocycles. The second-order valence-corrected chi connectivity index (χ2v) is 9.45.